The molecular weight excluding hydrogens is 262 g/mol. The van der Waals surface area contributed by atoms with Crippen molar-refractivity contribution in [3.63, 3.8) is 0 Å². The van der Waals surface area contributed by atoms with Gasteiger partial charge >= 0.3 is 0 Å². The third-order valence-corrected chi connectivity index (χ3v) is 4.16. The zero-order valence-electron chi connectivity index (χ0n) is 13.2. The number of nitrogens with two attached hydrogens (primary N) is 1. The van der Waals surface area contributed by atoms with E-state index in [1.54, 1.807) is 0 Å². The normalized spacial score (nSPS) is 18.6. The first-order chi connectivity index (χ1) is 10.2. The van der Waals surface area contributed by atoms with Gasteiger partial charge in [-0.15, -0.1) is 0 Å². The molecule has 4 heteroatoms. The van der Waals surface area contributed by atoms with E-state index in [0.29, 0.717) is 12.6 Å². The van der Waals surface area contributed by atoms with Crippen LogP contribution in [-0.4, -0.2) is 25.0 Å². The van der Waals surface area contributed by atoms with Crippen LogP contribution in [0.25, 0.3) is 0 Å². The van der Waals surface area contributed by atoms with Crippen LogP contribution in [0.1, 0.15) is 56.3 Å². The Morgan fingerprint density at radius 3 is 2.90 bits per heavy atom. The van der Waals surface area contributed by atoms with Gasteiger partial charge in [-0.05, 0) is 50.8 Å². The lowest BCUT2D eigenvalue weighted by molar-refractivity contribution is 0.0956. The molecule has 1 saturated heterocycles. The SMILES string of the molecule is CCCC1CCCCN1c1cc(N)ccc1C(=O)NCC. The van der Waals surface area contributed by atoms with Crippen molar-refractivity contribution < 1.29 is 4.79 Å². The van der Waals surface area contributed by atoms with Gasteiger partial charge < -0.3 is 16.0 Å². The molecule has 0 aromatic heterocycles. The summed E-state index contributed by atoms with van der Waals surface area (Å²) in [6, 6.07) is 6.15. The van der Waals surface area contributed by atoms with Crippen molar-refractivity contribution in [2.75, 3.05) is 23.7 Å². The fourth-order valence-corrected chi connectivity index (χ4v) is 3.19. The van der Waals surface area contributed by atoms with Crippen molar-refractivity contribution in [2.45, 2.75) is 52.0 Å². The van der Waals surface area contributed by atoms with Gasteiger partial charge in [0.25, 0.3) is 5.91 Å². The zero-order chi connectivity index (χ0) is 15.2. The lowest BCUT2D eigenvalue weighted by Gasteiger charge is -2.38. The molecular formula is C17H27N3O. The maximum Gasteiger partial charge on any atom is 0.253 e. The first-order valence-corrected chi connectivity index (χ1v) is 8.11. The van der Waals surface area contributed by atoms with Crippen molar-refractivity contribution >= 4 is 17.3 Å². The zero-order valence-corrected chi connectivity index (χ0v) is 13.2. The van der Waals surface area contributed by atoms with Gasteiger partial charge in [-0.1, -0.05) is 13.3 Å². The van der Waals surface area contributed by atoms with Crippen molar-refractivity contribution in [1.82, 2.24) is 5.32 Å². The highest BCUT2D eigenvalue weighted by Gasteiger charge is 2.25. The molecule has 1 aliphatic rings. The number of hydrogen-bond acceptors (Lipinski definition) is 3. The van der Waals surface area contributed by atoms with Gasteiger partial charge in [0.2, 0.25) is 0 Å². The monoisotopic (exact) mass is 289 g/mol. The molecule has 1 unspecified atom stereocenters. The predicted molar refractivity (Wildman–Crippen MR) is 88.8 cm³/mol. The molecule has 3 N–H and O–H groups in total. The number of hydrogen-bond donors (Lipinski definition) is 2. The molecule has 0 saturated carbocycles. The van der Waals surface area contributed by atoms with Crippen LogP contribution in [0.2, 0.25) is 0 Å². The van der Waals surface area contributed by atoms with Gasteiger partial charge in [0.15, 0.2) is 0 Å². The molecule has 1 fully saturated rings. The summed E-state index contributed by atoms with van der Waals surface area (Å²) >= 11 is 0. The van der Waals surface area contributed by atoms with Crippen LogP contribution in [0.3, 0.4) is 0 Å². The Labute approximate surface area is 127 Å². The van der Waals surface area contributed by atoms with E-state index >= 15 is 0 Å². The lowest BCUT2D eigenvalue weighted by Crippen LogP contribution is -2.41. The molecule has 0 radical (unpaired) electrons. The largest absolute Gasteiger partial charge is 0.399 e. The van der Waals surface area contributed by atoms with E-state index in [4.69, 9.17) is 5.73 Å². The van der Waals surface area contributed by atoms with E-state index in [1.165, 1.54) is 32.1 Å². The molecule has 1 aliphatic heterocycles. The number of carbonyl (C=O) groups is 1. The van der Waals surface area contributed by atoms with E-state index in [1.807, 2.05) is 25.1 Å². The summed E-state index contributed by atoms with van der Waals surface area (Å²) in [7, 11) is 0. The summed E-state index contributed by atoms with van der Waals surface area (Å²) < 4.78 is 0. The van der Waals surface area contributed by atoms with Crippen LogP contribution in [-0.2, 0) is 0 Å². The Morgan fingerprint density at radius 1 is 1.38 bits per heavy atom. The molecule has 2 rings (SSSR count). The van der Waals surface area contributed by atoms with Crippen LogP contribution >= 0.6 is 0 Å². The Morgan fingerprint density at radius 2 is 2.19 bits per heavy atom. The topological polar surface area (TPSA) is 58.4 Å². The second kappa shape index (κ2) is 7.34. The second-order valence-corrected chi connectivity index (χ2v) is 5.77. The van der Waals surface area contributed by atoms with Gasteiger partial charge in [-0.25, -0.2) is 0 Å². The minimum absolute atomic E-state index is 0.00618. The summed E-state index contributed by atoms with van der Waals surface area (Å²) in [5.74, 6) is -0.00618. The number of amides is 1. The third-order valence-electron chi connectivity index (χ3n) is 4.16. The van der Waals surface area contributed by atoms with Crippen molar-refractivity contribution in [2.24, 2.45) is 0 Å². The first-order valence-electron chi connectivity index (χ1n) is 8.11. The third kappa shape index (κ3) is 3.69. The maximum atomic E-state index is 12.3. The average Bonchev–Trinajstić information content (AvgIpc) is 2.48. The minimum atomic E-state index is -0.00618. The van der Waals surface area contributed by atoms with Gasteiger partial charge in [0.1, 0.15) is 0 Å². The summed E-state index contributed by atoms with van der Waals surface area (Å²) in [6.45, 7) is 5.81. The van der Waals surface area contributed by atoms with E-state index in [0.717, 1.165) is 23.5 Å². The Kier molecular flexibility index (Phi) is 5.48. The summed E-state index contributed by atoms with van der Waals surface area (Å²) in [4.78, 5) is 14.7. The van der Waals surface area contributed by atoms with Gasteiger partial charge in [-0.3, -0.25) is 4.79 Å². The van der Waals surface area contributed by atoms with Gasteiger partial charge in [0.05, 0.1) is 11.3 Å². The molecule has 0 spiro atoms. The second-order valence-electron chi connectivity index (χ2n) is 5.77. The first kappa shape index (κ1) is 15.7. The van der Waals surface area contributed by atoms with E-state index in [2.05, 4.69) is 17.1 Å². The molecule has 4 nitrogen and oxygen atoms in total. The van der Waals surface area contributed by atoms with E-state index in [-0.39, 0.29) is 5.91 Å². The van der Waals surface area contributed by atoms with Gasteiger partial charge in [0, 0.05) is 24.8 Å². The van der Waals surface area contributed by atoms with Crippen LogP contribution in [0.5, 0.6) is 0 Å². The number of nitrogens with one attached hydrogen (secondary N) is 1. The quantitative estimate of drug-likeness (QED) is 0.819. The summed E-state index contributed by atoms with van der Waals surface area (Å²) in [5, 5.41) is 2.90. The molecule has 1 aromatic carbocycles. The van der Waals surface area contributed by atoms with Crippen LogP contribution in [0, 0.1) is 0 Å². The highest BCUT2D eigenvalue weighted by Crippen LogP contribution is 2.31. The van der Waals surface area contributed by atoms with Crippen molar-refractivity contribution in [3.05, 3.63) is 23.8 Å². The standard InChI is InChI=1S/C17H27N3O/c1-3-7-14-8-5-6-11-20(14)16-12-13(18)9-10-15(16)17(21)19-4-2/h9-10,12,14H,3-8,11,18H2,1-2H3,(H,19,21). The number of benzene rings is 1. The fourth-order valence-electron chi connectivity index (χ4n) is 3.19. The van der Waals surface area contributed by atoms with E-state index in [9.17, 15) is 4.79 Å². The number of nitrogens with zero attached hydrogens (tertiary/aromatic N) is 1. The summed E-state index contributed by atoms with van der Waals surface area (Å²) in [5.41, 5.74) is 8.43. The van der Waals surface area contributed by atoms with Crippen LogP contribution in [0.15, 0.2) is 18.2 Å². The molecule has 1 heterocycles. The number of piperidine rings is 1. The molecule has 1 amide bonds. The maximum absolute atomic E-state index is 12.3. The number of anilines is 2. The molecule has 1 atom stereocenters. The molecule has 0 bridgehead atoms. The fraction of sp³-hybridized carbons (Fsp3) is 0.588. The average molecular weight is 289 g/mol. The Balaban J connectivity index is 2.35. The molecule has 1 aromatic rings. The van der Waals surface area contributed by atoms with E-state index < -0.39 is 0 Å². The van der Waals surface area contributed by atoms with Gasteiger partial charge in [-0.2, -0.15) is 0 Å². The summed E-state index contributed by atoms with van der Waals surface area (Å²) in [6.07, 6.45) is 6.00. The number of rotatable bonds is 5. The Bertz CT molecular complexity index is 485. The lowest BCUT2D eigenvalue weighted by atomic mass is 9.96. The van der Waals surface area contributed by atoms with Crippen molar-refractivity contribution in [1.29, 1.82) is 0 Å². The highest BCUT2D eigenvalue weighted by atomic mass is 16.1. The number of nitrogen functional groups attached to an aromatic ring is 1. The molecule has 0 aliphatic carbocycles. The van der Waals surface area contributed by atoms with Crippen molar-refractivity contribution in [3.8, 4) is 0 Å². The molecule has 21 heavy (non-hydrogen) atoms. The minimum Gasteiger partial charge on any atom is -0.399 e. The highest BCUT2D eigenvalue weighted by molar-refractivity contribution is 6.00. The molecule has 116 valence electrons. The van der Waals surface area contributed by atoms with Crippen LogP contribution < -0.4 is 16.0 Å². The van der Waals surface area contributed by atoms with Crippen LogP contribution in [0.4, 0.5) is 11.4 Å². The predicted octanol–water partition coefficient (Wildman–Crippen LogP) is 3.18. The smallest absolute Gasteiger partial charge is 0.253 e. The Hall–Kier alpha value is -1.71. The number of carbonyl (C=O) groups excluding carboxylic acids is 1.